The van der Waals surface area contributed by atoms with Crippen molar-refractivity contribution in [3.05, 3.63) is 97.2 Å². The van der Waals surface area contributed by atoms with Crippen molar-refractivity contribution in [2.24, 2.45) is 0 Å². The molecule has 0 saturated heterocycles. The van der Waals surface area contributed by atoms with Gasteiger partial charge in [0.1, 0.15) is 6.61 Å². The van der Waals surface area contributed by atoms with Gasteiger partial charge >= 0.3 is 19.8 Å². The quantitative estimate of drug-likeness (QED) is 0.0280. The molecule has 1 atom stereocenters. The number of ether oxygens (including phenoxy) is 2. The van der Waals surface area contributed by atoms with Gasteiger partial charge in [0.25, 0.3) is 0 Å². The van der Waals surface area contributed by atoms with Gasteiger partial charge in [0, 0.05) is 12.8 Å². The summed E-state index contributed by atoms with van der Waals surface area (Å²) in [5, 5.41) is 0. The van der Waals surface area contributed by atoms with Crippen LogP contribution < -0.4 is 0 Å². The Bertz CT molecular complexity index is 1190. The molecule has 8 nitrogen and oxygen atoms in total. The lowest BCUT2D eigenvalue weighted by molar-refractivity contribution is -0.161. The fourth-order valence-electron chi connectivity index (χ4n) is 5.14. The molecule has 0 aromatic carbocycles. The number of allylic oxidation sites excluding steroid dienone is 16. The Kier molecular flexibility index (Phi) is 37.4. The second-order valence-electron chi connectivity index (χ2n) is 13.2. The van der Waals surface area contributed by atoms with E-state index in [1.54, 1.807) is 0 Å². The molecule has 0 aliphatic heterocycles. The maximum Gasteiger partial charge on any atom is 0.469 e. The summed E-state index contributed by atoms with van der Waals surface area (Å²) in [5.41, 5.74) is 0. The van der Waals surface area contributed by atoms with Crippen LogP contribution in [0.4, 0.5) is 0 Å². The van der Waals surface area contributed by atoms with Gasteiger partial charge < -0.3 is 19.3 Å². The van der Waals surface area contributed by atoms with Gasteiger partial charge in [0.05, 0.1) is 6.61 Å². The molecule has 0 amide bonds. The van der Waals surface area contributed by atoms with Gasteiger partial charge in [-0.3, -0.25) is 14.1 Å². The molecular weight excluding hydrogens is 699 g/mol. The first-order chi connectivity index (χ1) is 26.3. The van der Waals surface area contributed by atoms with Gasteiger partial charge in [0.15, 0.2) is 6.10 Å². The van der Waals surface area contributed by atoms with Crippen molar-refractivity contribution in [1.29, 1.82) is 0 Å². The zero-order valence-electron chi connectivity index (χ0n) is 33.6. The highest BCUT2D eigenvalue weighted by molar-refractivity contribution is 7.46. The minimum atomic E-state index is -4.78. The van der Waals surface area contributed by atoms with E-state index >= 15 is 0 Å². The highest BCUT2D eigenvalue weighted by atomic mass is 31.2. The van der Waals surface area contributed by atoms with Crippen LogP contribution in [0.15, 0.2) is 97.2 Å². The van der Waals surface area contributed by atoms with Crippen LogP contribution in [0.25, 0.3) is 0 Å². The highest BCUT2D eigenvalue weighted by Crippen LogP contribution is 2.36. The van der Waals surface area contributed by atoms with Crippen LogP contribution in [0.1, 0.15) is 155 Å². The smallest absolute Gasteiger partial charge is 0.462 e. The molecular formula is C45H73O8P. The van der Waals surface area contributed by atoms with E-state index in [0.717, 1.165) is 77.0 Å². The monoisotopic (exact) mass is 773 g/mol. The Labute approximate surface area is 328 Å². The predicted octanol–water partition coefficient (Wildman–Crippen LogP) is 12.6. The number of phosphoric acid groups is 1. The molecule has 0 fully saturated rings. The van der Waals surface area contributed by atoms with Crippen molar-refractivity contribution < 1.29 is 37.9 Å². The number of phosphoric ester groups is 1. The molecule has 2 N–H and O–H groups in total. The van der Waals surface area contributed by atoms with E-state index in [4.69, 9.17) is 19.3 Å². The molecule has 0 aliphatic rings. The fourth-order valence-corrected chi connectivity index (χ4v) is 5.50. The first-order valence-corrected chi connectivity index (χ1v) is 22.1. The van der Waals surface area contributed by atoms with Gasteiger partial charge in [-0.2, -0.15) is 0 Å². The van der Waals surface area contributed by atoms with Gasteiger partial charge in [0.2, 0.25) is 0 Å². The third-order valence-electron chi connectivity index (χ3n) is 8.11. The molecule has 54 heavy (non-hydrogen) atoms. The van der Waals surface area contributed by atoms with Crippen molar-refractivity contribution in [3.8, 4) is 0 Å². The molecule has 0 heterocycles. The van der Waals surface area contributed by atoms with Crippen molar-refractivity contribution in [2.45, 2.75) is 161 Å². The second kappa shape index (κ2) is 39.7. The third-order valence-corrected chi connectivity index (χ3v) is 8.60. The zero-order chi connectivity index (χ0) is 39.6. The minimum absolute atomic E-state index is 0.140. The molecule has 0 saturated carbocycles. The number of rotatable bonds is 36. The molecule has 0 aliphatic carbocycles. The second-order valence-corrected chi connectivity index (χ2v) is 14.4. The number of hydrogen-bond acceptors (Lipinski definition) is 6. The standard InChI is InChI=1S/C45H73O8P/c1-3-5-7-9-11-13-15-17-18-19-20-21-22-23-24-25-26-28-30-32-34-36-38-40-45(47)53-43(42-52-54(48,49)50)41-51-44(46)39-37-35-33-31-29-27-16-14-12-10-8-6-4-2/h5-8,11-14,17-18,20-21,27,29,33,35,43H,3-4,9-10,15-16,19,22-26,28,30-32,34,36-42H2,1-2H3,(H2,48,49,50)/b7-5-,8-6-,13-11-,14-12-,18-17-,21-20-,29-27-,35-33-. The van der Waals surface area contributed by atoms with Crippen LogP contribution in [0.3, 0.4) is 0 Å². The van der Waals surface area contributed by atoms with Gasteiger partial charge in [-0.15, -0.1) is 0 Å². The lowest BCUT2D eigenvalue weighted by atomic mass is 10.0. The molecule has 0 aromatic heterocycles. The number of carbonyl (C=O) groups is 2. The Balaban J connectivity index is 3.98. The van der Waals surface area contributed by atoms with Crippen LogP contribution >= 0.6 is 7.82 Å². The summed E-state index contributed by atoms with van der Waals surface area (Å²) in [6.45, 7) is 3.37. The van der Waals surface area contributed by atoms with E-state index in [-0.39, 0.29) is 19.4 Å². The number of hydrogen-bond donors (Lipinski definition) is 2. The average molecular weight is 773 g/mol. The van der Waals surface area contributed by atoms with Crippen LogP contribution in [-0.2, 0) is 28.2 Å². The summed E-state index contributed by atoms with van der Waals surface area (Å²) in [6, 6.07) is 0. The topological polar surface area (TPSA) is 119 Å². The summed E-state index contributed by atoms with van der Waals surface area (Å²) in [7, 11) is -4.78. The van der Waals surface area contributed by atoms with E-state index in [1.807, 2.05) is 12.2 Å². The van der Waals surface area contributed by atoms with E-state index in [2.05, 4.69) is 103 Å². The summed E-state index contributed by atoms with van der Waals surface area (Å²) in [6.07, 6.45) is 54.3. The molecule has 0 rings (SSSR count). The first kappa shape index (κ1) is 51.0. The molecule has 306 valence electrons. The maximum absolute atomic E-state index is 12.4. The summed E-state index contributed by atoms with van der Waals surface area (Å²) in [4.78, 5) is 42.8. The van der Waals surface area contributed by atoms with Crippen molar-refractivity contribution in [3.63, 3.8) is 0 Å². The van der Waals surface area contributed by atoms with Crippen LogP contribution in [0.5, 0.6) is 0 Å². The highest BCUT2D eigenvalue weighted by Gasteiger charge is 2.22. The molecule has 0 aromatic rings. The Morgan fingerprint density at radius 1 is 0.481 bits per heavy atom. The summed E-state index contributed by atoms with van der Waals surface area (Å²) >= 11 is 0. The van der Waals surface area contributed by atoms with E-state index in [9.17, 15) is 14.2 Å². The molecule has 0 bridgehead atoms. The molecule has 9 heteroatoms. The first-order valence-electron chi connectivity index (χ1n) is 20.5. The largest absolute Gasteiger partial charge is 0.469 e. The number of esters is 2. The lowest BCUT2D eigenvalue weighted by Gasteiger charge is -2.18. The van der Waals surface area contributed by atoms with Crippen LogP contribution in [0.2, 0.25) is 0 Å². The van der Waals surface area contributed by atoms with Crippen molar-refractivity contribution in [2.75, 3.05) is 13.2 Å². The van der Waals surface area contributed by atoms with Gasteiger partial charge in [-0.1, -0.05) is 162 Å². The van der Waals surface area contributed by atoms with E-state index in [1.165, 1.54) is 38.5 Å². The van der Waals surface area contributed by atoms with Gasteiger partial charge in [-0.05, 0) is 77.0 Å². The Morgan fingerprint density at radius 2 is 0.870 bits per heavy atom. The molecule has 0 spiro atoms. The van der Waals surface area contributed by atoms with E-state index < -0.39 is 32.5 Å². The zero-order valence-corrected chi connectivity index (χ0v) is 34.5. The number of carbonyl (C=O) groups excluding carboxylic acids is 2. The molecule has 1 unspecified atom stereocenters. The maximum atomic E-state index is 12.4. The third kappa shape index (κ3) is 41.7. The predicted molar refractivity (Wildman–Crippen MR) is 225 cm³/mol. The normalized spacial score (nSPS) is 13.5. The lowest BCUT2D eigenvalue weighted by Crippen LogP contribution is -2.29. The summed E-state index contributed by atoms with van der Waals surface area (Å²) < 4.78 is 26.3. The van der Waals surface area contributed by atoms with Crippen molar-refractivity contribution in [1.82, 2.24) is 0 Å². The minimum Gasteiger partial charge on any atom is -0.462 e. The van der Waals surface area contributed by atoms with E-state index in [0.29, 0.717) is 12.8 Å². The van der Waals surface area contributed by atoms with Crippen molar-refractivity contribution >= 4 is 19.8 Å². The van der Waals surface area contributed by atoms with Crippen LogP contribution in [0, 0.1) is 0 Å². The SMILES string of the molecule is CC/C=C\C/C=C\C/C=C\C/C=C\CCCCCCCCCCCCC(=O)OC(COC(=O)CC/C=C\C/C=C\C/C=C\C/C=C\CC)COP(=O)(O)O. The van der Waals surface area contributed by atoms with Crippen LogP contribution in [-0.4, -0.2) is 41.0 Å². The summed E-state index contributed by atoms with van der Waals surface area (Å²) in [5.74, 6) is -0.994. The Morgan fingerprint density at radius 3 is 1.31 bits per heavy atom. The molecule has 0 radical (unpaired) electrons. The van der Waals surface area contributed by atoms with Gasteiger partial charge in [-0.25, -0.2) is 4.57 Å². The number of unbranched alkanes of at least 4 members (excludes halogenated alkanes) is 10. The Hall–Kier alpha value is -3.03. The average Bonchev–Trinajstić information content (AvgIpc) is 3.14. The fraction of sp³-hybridized carbons (Fsp3) is 0.600.